The van der Waals surface area contributed by atoms with Crippen LogP contribution in [0.4, 0.5) is 0 Å². The number of carbonyl (C=O) groups excluding carboxylic acids is 1. The maximum Gasteiger partial charge on any atom is 0.311 e. The van der Waals surface area contributed by atoms with Gasteiger partial charge in [-0.3, -0.25) is 4.79 Å². The van der Waals surface area contributed by atoms with Crippen molar-refractivity contribution in [1.29, 1.82) is 0 Å². The normalized spacial score (nSPS) is 13.0. The molecule has 0 aromatic carbocycles. The summed E-state index contributed by atoms with van der Waals surface area (Å²) in [5.41, 5.74) is -0.335. The molecule has 3 heteroatoms. The zero-order chi connectivity index (χ0) is 19.0. The van der Waals surface area contributed by atoms with Crippen LogP contribution in [-0.2, 0) is 9.53 Å². The maximum atomic E-state index is 12.3. The van der Waals surface area contributed by atoms with Gasteiger partial charge >= 0.3 is 5.97 Å². The molecule has 0 aliphatic rings. The number of rotatable bonds is 17. The largest absolute Gasteiger partial charge is 0.465 e. The Kier molecular flexibility index (Phi) is 16.1. The van der Waals surface area contributed by atoms with Gasteiger partial charge in [-0.15, -0.1) is 0 Å². The Bertz CT molecular complexity index is 315. The van der Waals surface area contributed by atoms with Gasteiger partial charge in [0.05, 0.1) is 12.0 Å². The van der Waals surface area contributed by atoms with E-state index in [0.29, 0.717) is 6.61 Å². The molecule has 0 rings (SSSR count). The number of esters is 1. The molecule has 150 valence electrons. The number of carbonyl (C=O) groups is 1. The lowest BCUT2D eigenvalue weighted by Gasteiger charge is -2.23. The van der Waals surface area contributed by atoms with Crippen molar-refractivity contribution in [1.82, 2.24) is 0 Å². The van der Waals surface area contributed by atoms with Crippen LogP contribution < -0.4 is 0 Å². The van der Waals surface area contributed by atoms with E-state index in [1.165, 1.54) is 64.2 Å². The highest BCUT2D eigenvalue weighted by Crippen LogP contribution is 2.26. The first-order chi connectivity index (χ1) is 12.0. The highest BCUT2D eigenvalue weighted by Gasteiger charge is 2.28. The summed E-state index contributed by atoms with van der Waals surface area (Å²) >= 11 is 3.46. The number of halogens is 1. The topological polar surface area (TPSA) is 26.3 Å². The third kappa shape index (κ3) is 13.8. The van der Waals surface area contributed by atoms with Gasteiger partial charge in [0.1, 0.15) is 0 Å². The summed E-state index contributed by atoms with van der Waals surface area (Å²) in [7, 11) is 0. The summed E-state index contributed by atoms with van der Waals surface area (Å²) in [4.78, 5) is 12.3. The Morgan fingerprint density at radius 3 is 2.20 bits per heavy atom. The van der Waals surface area contributed by atoms with Crippen LogP contribution in [0.2, 0.25) is 0 Å². The van der Waals surface area contributed by atoms with E-state index in [4.69, 9.17) is 4.74 Å². The summed E-state index contributed by atoms with van der Waals surface area (Å²) in [6.45, 7) is 9.19. The van der Waals surface area contributed by atoms with E-state index in [1.807, 2.05) is 13.8 Å². The van der Waals surface area contributed by atoms with E-state index in [9.17, 15) is 4.79 Å². The summed E-state index contributed by atoms with van der Waals surface area (Å²) < 4.78 is 5.59. The molecule has 0 spiro atoms. The molecule has 0 amide bonds. The van der Waals surface area contributed by atoms with Crippen molar-refractivity contribution in [3.63, 3.8) is 0 Å². The van der Waals surface area contributed by atoms with Gasteiger partial charge in [-0.05, 0) is 45.4 Å². The minimum absolute atomic E-state index is 0.00832. The Morgan fingerprint density at radius 1 is 0.880 bits per heavy atom. The summed E-state index contributed by atoms with van der Waals surface area (Å²) in [5.74, 6) is 0.809. The van der Waals surface area contributed by atoms with Gasteiger partial charge in [0.15, 0.2) is 0 Å². The van der Waals surface area contributed by atoms with Gasteiger partial charge in [0.25, 0.3) is 0 Å². The van der Waals surface area contributed by atoms with Crippen molar-refractivity contribution >= 4 is 21.9 Å². The van der Waals surface area contributed by atoms with Crippen LogP contribution >= 0.6 is 15.9 Å². The SMILES string of the molecule is CCCCCC(CCC)CCCOC(=O)C(C)(C)CCCCCCBr. The van der Waals surface area contributed by atoms with Gasteiger partial charge < -0.3 is 4.74 Å². The molecule has 0 saturated carbocycles. The highest BCUT2D eigenvalue weighted by atomic mass is 79.9. The Morgan fingerprint density at radius 2 is 1.56 bits per heavy atom. The van der Waals surface area contributed by atoms with Crippen LogP contribution in [0.1, 0.15) is 111 Å². The van der Waals surface area contributed by atoms with E-state index < -0.39 is 0 Å². The molecule has 0 heterocycles. The van der Waals surface area contributed by atoms with Crippen molar-refractivity contribution in [3.8, 4) is 0 Å². The molecule has 0 saturated heterocycles. The van der Waals surface area contributed by atoms with Crippen LogP contribution in [0, 0.1) is 11.3 Å². The van der Waals surface area contributed by atoms with Gasteiger partial charge in [-0.25, -0.2) is 0 Å². The molecule has 0 aliphatic heterocycles. The van der Waals surface area contributed by atoms with Crippen molar-refractivity contribution in [3.05, 3.63) is 0 Å². The summed E-state index contributed by atoms with van der Waals surface area (Å²) in [6.07, 6.45) is 15.9. The average molecular weight is 419 g/mol. The van der Waals surface area contributed by atoms with Crippen LogP contribution in [0.5, 0.6) is 0 Å². The van der Waals surface area contributed by atoms with E-state index in [2.05, 4.69) is 29.8 Å². The lowest BCUT2D eigenvalue weighted by atomic mass is 9.87. The lowest BCUT2D eigenvalue weighted by molar-refractivity contribution is -0.154. The molecule has 0 N–H and O–H groups in total. The second-order valence-corrected chi connectivity index (χ2v) is 8.96. The number of ether oxygens (including phenoxy) is 1. The number of hydrogen-bond donors (Lipinski definition) is 0. The quantitative estimate of drug-likeness (QED) is 0.137. The molecular formula is C22H43BrO2. The third-order valence-electron chi connectivity index (χ3n) is 5.14. The highest BCUT2D eigenvalue weighted by molar-refractivity contribution is 9.09. The summed E-state index contributed by atoms with van der Waals surface area (Å²) in [5, 5.41) is 1.08. The molecular weight excluding hydrogens is 376 g/mol. The molecule has 0 bridgehead atoms. The van der Waals surface area contributed by atoms with E-state index in [0.717, 1.165) is 30.5 Å². The van der Waals surface area contributed by atoms with E-state index in [-0.39, 0.29) is 11.4 Å². The predicted octanol–water partition coefficient (Wildman–Crippen LogP) is 7.68. The average Bonchev–Trinajstić information content (AvgIpc) is 2.58. The molecule has 0 radical (unpaired) electrons. The van der Waals surface area contributed by atoms with Crippen LogP contribution in [0.3, 0.4) is 0 Å². The zero-order valence-electron chi connectivity index (χ0n) is 17.4. The Hall–Kier alpha value is -0.0500. The van der Waals surface area contributed by atoms with Crippen LogP contribution in [0.25, 0.3) is 0 Å². The molecule has 1 unspecified atom stereocenters. The van der Waals surface area contributed by atoms with Gasteiger partial charge in [-0.2, -0.15) is 0 Å². The van der Waals surface area contributed by atoms with E-state index >= 15 is 0 Å². The Balaban J connectivity index is 3.93. The van der Waals surface area contributed by atoms with Crippen molar-refractivity contribution < 1.29 is 9.53 Å². The van der Waals surface area contributed by atoms with Crippen LogP contribution in [0.15, 0.2) is 0 Å². The number of alkyl halides is 1. The monoisotopic (exact) mass is 418 g/mol. The molecule has 0 aliphatic carbocycles. The standard InChI is InChI=1S/C22H43BrO2/c1-5-7-10-15-20(14-6-2)16-13-19-25-21(24)22(3,4)17-11-8-9-12-18-23/h20H,5-19H2,1-4H3. The smallest absolute Gasteiger partial charge is 0.311 e. The molecule has 0 aromatic rings. The first-order valence-electron chi connectivity index (χ1n) is 10.7. The zero-order valence-corrected chi connectivity index (χ0v) is 19.0. The second kappa shape index (κ2) is 16.1. The first kappa shape index (κ1) is 24.9. The third-order valence-corrected chi connectivity index (χ3v) is 5.70. The molecule has 25 heavy (non-hydrogen) atoms. The second-order valence-electron chi connectivity index (χ2n) is 8.17. The van der Waals surface area contributed by atoms with Gasteiger partial charge in [0, 0.05) is 5.33 Å². The van der Waals surface area contributed by atoms with Gasteiger partial charge in [-0.1, -0.05) is 87.6 Å². The van der Waals surface area contributed by atoms with Crippen LogP contribution in [-0.4, -0.2) is 17.9 Å². The molecule has 0 aromatic heterocycles. The first-order valence-corrected chi connectivity index (χ1v) is 11.8. The fraction of sp³-hybridized carbons (Fsp3) is 0.955. The molecule has 0 fully saturated rings. The van der Waals surface area contributed by atoms with Crippen molar-refractivity contribution in [2.24, 2.45) is 11.3 Å². The number of hydrogen-bond acceptors (Lipinski definition) is 2. The number of unbranched alkanes of at least 4 members (excludes halogenated alkanes) is 5. The fourth-order valence-corrected chi connectivity index (χ4v) is 3.77. The van der Waals surface area contributed by atoms with Crippen molar-refractivity contribution in [2.45, 2.75) is 111 Å². The maximum absolute atomic E-state index is 12.3. The van der Waals surface area contributed by atoms with E-state index in [1.54, 1.807) is 0 Å². The molecule has 2 nitrogen and oxygen atoms in total. The van der Waals surface area contributed by atoms with Crippen molar-refractivity contribution in [2.75, 3.05) is 11.9 Å². The molecule has 1 atom stereocenters. The summed E-state index contributed by atoms with van der Waals surface area (Å²) in [6, 6.07) is 0. The Labute approximate surface area is 166 Å². The minimum atomic E-state index is -0.335. The lowest BCUT2D eigenvalue weighted by Crippen LogP contribution is -2.27. The predicted molar refractivity (Wildman–Crippen MR) is 113 cm³/mol. The van der Waals surface area contributed by atoms with Gasteiger partial charge in [0.2, 0.25) is 0 Å². The minimum Gasteiger partial charge on any atom is -0.465 e. The fourth-order valence-electron chi connectivity index (χ4n) is 3.37.